The fourth-order valence-electron chi connectivity index (χ4n) is 3.40. The molecule has 0 saturated carbocycles. The lowest BCUT2D eigenvalue weighted by Gasteiger charge is -2.35. The van der Waals surface area contributed by atoms with Crippen molar-refractivity contribution in [3.8, 4) is 0 Å². The topological polar surface area (TPSA) is 53.6 Å². The molecule has 0 aliphatic carbocycles. The number of carbonyl (C=O) groups is 1. The second kappa shape index (κ2) is 8.05. The highest BCUT2D eigenvalue weighted by molar-refractivity contribution is 5.82. The molecule has 1 aromatic rings. The number of nitrogens with zero attached hydrogens (tertiary/aromatic N) is 1. The normalized spacial score (nSPS) is 26.2. The quantitative estimate of drug-likeness (QED) is 0.870. The summed E-state index contributed by atoms with van der Waals surface area (Å²) in [7, 11) is 0. The first-order chi connectivity index (χ1) is 11.6. The van der Waals surface area contributed by atoms with Crippen LogP contribution < -0.4 is 10.6 Å². The van der Waals surface area contributed by atoms with E-state index in [9.17, 15) is 9.18 Å². The number of rotatable bonds is 4. The van der Waals surface area contributed by atoms with Gasteiger partial charge in [0.1, 0.15) is 11.9 Å². The van der Waals surface area contributed by atoms with Crippen molar-refractivity contribution in [2.75, 3.05) is 26.2 Å². The molecule has 0 bridgehead atoms. The molecular formula is C18H26FN3O2. The lowest BCUT2D eigenvalue weighted by atomic mass is 10.0. The molecule has 0 unspecified atom stereocenters. The van der Waals surface area contributed by atoms with Crippen LogP contribution in [0.2, 0.25) is 0 Å². The summed E-state index contributed by atoms with van der Waals surface area (Å²) in [6, 6.07) is 6.64. The summed E-state index contributed by atoms with van der Waals surface area (Å²) in [5, 5.41) is 6.38. The molecule has 2 atom stereocenters. The number of amides is 1. The van der Waals surface area contributed by atoms with E-state index in [0.29, 0.717) is 6.61 Å². The molecule has 1 amide bonds. The zero-order valence-corrected chi connectivity index (χ0v) is 14.1. The number of benzene rings is 1. The number of nitrogens with one attached hydrogen (secondary N) is 2. The Hall–Kier alpha value is -1.50. The average molecular weight is 335 g/mol. The Morgan fingerprint density at radius 3 is 2.71 bits per heavy atom. The maximum absolute atomic E-state index is 13.0. The molecule has 2 N–H and O–H groups in total. The molecule has 0 radical (unpaired) electrons. The SMILES string of the molecule is C[C@H]1OCCN[C@@H]1C(=O)NC1CCN(Cc2ccc(F)cc2)CC1. The maximum Gasteiger partial charge on any atom is 0.240 e. The van der Waals surface area contributed by atoms with Crippen molar-refractivity contribution < 1.29 is 13.9 Å². The fraction of sp³-hybridized carbons (Fsp3) is 0.611. The number of hydrogen-bond acceptors (Lipinski definition) is 4. The number of halogens is 1. The average Bonchev–Trinajstić information content (AvgIpc) is 2.59. The number of carbonyl (C=O) groups excluding carboxylic acids is 1. The molecule has 2 heterocycles. The Morgan fingerprint density at radius 1 is 1.33 bits per heavy atom. The predicted octanol–water partition coefficient (Wildman–Crippen LogP) is 1.28. The van der Waals surface area contributed by atoms with Gasteiger partial charge in [-0.3, -0.25) is 9.69 Å². The first kappa shape index (κ1) is 17.3. The molecule has 24 heavy (non-hydrogen) atoms. The standard InChI is InChI=1S/C18H26FN3O2/c1-13-17(20-8-11-24-13)18(23)21-16-6-9-22(10-7-16)12-14-2-4-15(19)5-3-14/h2-5,13,16-17,20H,6-12H2,1H3,(H,21,23)/t13-,17+/m1/s1. The van der Waals surface area contributed by atoms with Gasteiger partial charge in [0, 0.05) is 32.2 Å². The van der Waals surface area contributed by atoms with E-state index >= 15 is 0 Å². The van der Waals surface area contributed by atoms with Gasteiger partial charge in [0.05, 0.1) is 12.7 Å². The molecule has 0 spiro atoms. The summed E-state index contributed by atoms with van der Waals surface area (Å²) in [5.41, 5.74) is 1.12. The summed E-state index contributed by atoms with van der Waals surface area (Å²) in [5.74, 6) is -0.158. The minimum Gasteiger partial charge on any atom is -0.375 e. The molecule has 5 nitrogen and oxygen atoms in total. The third-order valence-electron chi connectivity index (χ3n) is 4.85. The number of morpholine rings is 1. The Bertz CT molecular complexity index is 544. The summed E-state index contributed by atoms with van der Waals surface area (Å²) in [6.45, 7) is 6.02. The number of likely N-dealkylation sites (tertiary alicyclic amines) is 1. The van der Waals surface area contributed by atoms with E-state index in [2.05, 4.69) is 15.5 Å². The Morgan fingerprint density at radius 2 is 2.04 bits per heavy atom. The van der Waals surface area contributed by atoms with Gasteiger partial charge in [-0.15, -0.1) is 0 Å². The lowest BCUT2D eigenvalue weighted by Crippen LogP contribution is -2.58. The van der Waals surface area contributed by atoms with Gasteiger partial charge in [0.15, 0.2) is 0 Å². The van der Waals surface area contributed by atoms with Crippen LogP contribution in [0.25, 0.3) is 0 Å². The third-order valence-corrected chi connectivity index (χ3v) is 4.85. The largest absolute Gasteiger partial charge is 0.375 e. The number of piperidine rings is 1. The van der Waals surface area contributed by atoms with Crippen molar-refractivity contribution in [1.29, 1.82) is 0 Å². The molecule has 2 fully saturated rings. The van der Waals surface area contributed by atoms with E-state index in [1.807, 2.05) is 19.1 Å². The van der Waals surface area contributed by atoms with Gasteiger partial charge >= 0.3 is 0 Å². The molecular weight excluding hydrogens is 309 g/mol. The smallest absolute Gasteiger partial charge is 0.240 e. The number of ether oxygens (including phenoxy) is 1. The second-order valence-electron chi connectivity index (χ2n) is 6.69. The molecule has 132 valence electrons. The van der Waals surface area contributed by atoms with Crippen LogP contribution in [0, 0.1) is 5.82 Å². The summed E-state index contributed by atoms with van der Waals surface area (Å²) < 4.78 is 18.5. The summed E-state index contributed by atoms with van der Waals surface area (Å²) in [4.78, 5) is 14.7. The zero-order chi connectivity index (χ0) is 16.9. The van der Waals surface area contributed by atoms with E-state index in [-0.39, 0.29) is 29.9 Å². The van der Waals surface area contributed by atoms with E-state index in [1.54, 1.807) is 0 Å². The van der Waals surface area contributed by atoms with Crippen LogP contribution in [0.4, 0.5) is 4.39 Å². The maximum atomic E-state index is 13.0. The van der Waals surface area contributed by atoms with E-state index in [4.69, 9.17) is 4.74 Å². The monoisotopic (exact) mass is 335 g/mol. The lowest BCUT2D eigenvalue weighted by molar-refractivity contribution is -0.130. The van der Waals surface area contributed by atoms with E-state index in [1.165, 1.54) is 12.1 Å². The first-order valence-corrected chi connectivity index (χ1v) is 8.74. The van der Waals surface area contributed by atoms with Crippen molar-refractivity contribution in [3.63, 3.8) is 0 Å². The van der Waals surface area contributed by atoms with Crippen molar-refractivity contribution in [2.45, 2.75) is 44.5 Å². The summed E-state index contributed by atoms with van der Waals surface area (Å²) in [6.07, 6.45) is 1.79. The van der Waals surface area contributed by atoms with Crippen molar-refractivity contribution in [3.05, 3.63) is 35.6 Å². The van der Waals surface area contributed by atoms with Crippen LogP contribution in [0.15, 0.2) is 24.3 Å². The molecule has 6 heteroatoms. The van der Waals surface area contributed by atoms with Crippen molar-refractivity contribution >= 4 is 5.91 Å². The Balaban J connectivity index is 1.43. The van der Waals surface area contributed by atoms with Gasteiger partial charge < -0.3 is 15.4 Å². The van der Waals surface area contributed by atoms with Gasteiger partial charge in [-0.05, 0) is 37.5 Å². The van der Waals surface area contributed by atoms with Crippen LogP contribution in [0.5, 0.6) is 0 Å². The first-order valence-electron chi connectivity index (χ1n) is 8.74. The minimum atomic E-state index is -0.254. The van der Waals surface area contributed by atoms with Crippen molar-refractivity contribution in [2.24, 2.45) is 0 Å². The Kier molecular flexibility index (Phi) is 5.81. The van der Waals surface area contributed by atoms with Crippen LogP contribution in [-0.4, -0.2) is 55.2 Å². The second-order valence-corrected chi connectivity index (χ2v) is 6.69. The van der Waals surface area contributed by atoms with E-state index < -0.39 is 0 Å². The molecule has 2 aliphatic rings. The molecule has 2 saturated heterocycles. The highest BCUT2D eigenvalue weighted by Crippen LogP contribution is 2.15. The number of hydrogen-bond donors (Lipinski definition) is 2. The zero-order valence-electron chi connectivity index (χ0n) is 14.1. The van der Waals surface area contributed by atoms with Gasteiger partial charge in [0.25, 0.3) is 0 Å². The third kappa shape index (κ3) is 4.53. The van der Waals surface area contributed by atoms with Crippen LogP contribution in [-0.2, 0) is 16.1 Å². The molecule has 2 aliphatic heterocycles. The van der Waals surface area contributed by atoms with Crippen molar-refractivity contribution in [1.82, 2.24) is 15.5 Å². The Labute approximate surface area is 142 Å². The van der Waals surface area contributed by atoms with Gasteiger partial charge in [0.2, 0.25) is 5.91 Å². The highest BCUT2D eigenvalue weighted by atomic mass is 19.1. The van der Waals surface area contributed by atoms with Crippen LogP contribution in [0.3, 0.4) is 0 Å². The van der Waals surface area contributed by atoms with Gasteiger partial charge in [-0.2, -0.15) is 0 Å². The van der Waals surface area contributed by atoms with E-state index in [0.717, 1.165) is 44.6 Å². The minimum absolute atomic E-state index is 0.0409. The fourth-order valence-corrected chi connectivity index (χ4v) is 3.40. The summed E-state index contributed by atoms with van der Waals surface area (Å²) >= 11 is 0. The molecule has 1 aromatic carbocycles. The molecule has 3 rings (SSSR count). The van der Waals surface area contributed by atoms with Crippen LogP contribution >= 0.6 is 0 Å². The van der Waals surface area contributed by atoms with Crippen LogP contribution in [0.1, 0.15) is 25.3 Å². The predicted molar refractivity (Wildman–Crippen MR) is 90.0 cm³/mol. The highest BCUT2D eigenvalue weighted by Gasteiger charge is 2.30. The van der Waals surface area contributed by atoms with Gasteiger partial charge in [-0.1, -0.05) is 12.1 Å². The molecule has 0 aromatic heterocycles. The van der Waals surface area contributed by atoms with Gasteiger partial charge in [-0.25, -0.2) is 4.39 Å².